The largest absolute Gasteiger partial charge is 0.369 e. The third-order valence-electron chi connectivity index (χ3n) is 7.89. The van der Waals surface area contributed by atoms with Crippen LogP contribution < -0.4 is 11.1 Å². The molecule has 0 spiro atoms. The van der Waals surface area contributed by atoms with Crippen molar-refractivity contribution in [1.29, 1.82) is 0 Å². The number of nitrogens with two attached hydrogens (primary N) is 1. The molecule has 4 heteroatoms. The molecule has 1 aliphatic carbocycles. The maximum Gasteiger partial charge on any atom is 0.220 e. The van der Waals surface area contributed by atoms with E-state index in [2.05, 4.69) is 19.2 Å². The Morgan fingerprint density at radius 3 is 1.76 bits per heavy atom. The molecule has 0 saturated heterocycles. The lowest BCUT2D eigenvalue weighted by atomic mass is 9.75. The Bertz CT molecular complexity index is 508. The number of hydrogen-bond acceptors (Lipinski definition) is 2. The van der Waals surface area contributed by atoms with Crippen molar-refractivity contribution < 1.29 is 9.59 Å². The van der Waals surface area contributed by atoms with Gasteiger partial charge in [0.15, 0.2) is 0 Å². The molecule has 0 radical (unpaired) electrons. The molecule has 1 fully saturated rings. The molecule has 0 bridgehead atoms. The van der Waals surface area contributed by atoms with Gasteiger partial charge in [-0.3, -0.25) is 9.59 Å². The summed E-state index contributed by atoms with van der Waals surface area (Å²) < 4.78 is 0. The molecule has 3 N–H and O–H groups in total. The summed E-state index contributed by atoms with van der Waals surface area (Å²) in [5.74, 6) is 0.396. The van der Waals surface area contributed by atoms with Crippen molar-refractivity contribution >= 4 is 11.8 Å². The van der Waals surface area contributed by atoms with Crippen LogP contribution in [0.15, 0.2) is 0 Å². The Kier molecular flexibility index (Phi) is 19.3. The molecule has 34 heavy (non-hydrogen) atoms. The maximum atomic E-state index is 12.5. The van der Waals surface area contributed by atoms with E-state index in [0.717, 1.165) is 51.4 Å². The summed E-state index contributed by atoms with van der Waals surface area (Å²) in [5.41, 5.74) is 5.82. The standard InChI is InChI=1S/C30H58N2O2/c1-3-5-7-9-11-13-15-17-19-24-29(33)32-27-22-20-21-26(25-27)28(30(31)34)23-18-16-14-12-10-8-6-4-2/h26-28H,3-25H2,1-2H3,(H2,31,34)(H,32,33). The molecule has 0 aromatic carbocycles. The zero-order valence-electron chi connectivity index (χ0n) is 22.9. The van der Waals surface area contributed by atoms with Gasteiger partial charge in [-0.1, -0.05) is 123 Å². The van der Waals surface area contributed by atoms with Crippen LogP contribution in [0.1, 0.15) is 162 Å². The highest BCUT2D eigenvalue weighted by Gasteiger charge is 2.31. The van der Waals surface area contributed by atoms with Crippen molar-refractivity contribution in [2.24, 2.45) is 17.6 Å². The third-order valence-corrected chi connectivity index (χ3v) is 7.89. The minimum Gasteiger partial charge on any atom is -0.369 e. The van der Waals surface area contributed by atoms with Gasteiger partial charge in [0.25, 0.3) is 0 Å². The van der Waals surface area contributed by atoms with E-state index < -0.39 is 0 Å². The molecular formula is C30H58N2O2. The van der Waals surface area contributed by atoms with Gasteiger partial charge < -0.3 is 11.1 Å². The van der Waals surface area contributed by atoms with Crippen LogP contribution in [0.2, 0.25) is 0 Å². The van der Waals surface area contributed by atoms with Gasteiger partial charge in [-0.05, 0) is 38.0 Å². The van der Waals surface area contributed by atoms with Gasteiger partial charge in [-0.2, -0.15) is 0 Å². The van der Waals surface area contributed by atoms with E-state index in [-0.39, 0.29) is 23.8 Å². The highest BCUT2D eigenvalue weighted by atomic mass is 16.2. The summed E-state index contributed by atoms with van der Waals surface area (Å²) in [6, 6.07) is 0.227. The van der Waals surface area contributed by atoms with Crippen LogP contribution in [0.4, 0.5) is 0 Å². The van der Waals surface area contributed by atoms with Crippen molar-refractivity contribution in [3.63, 3.8) is 0 Å². The van der Waals surface area contributed by atoms with Crippen molar-refractivity contribution in [3.05, 3.63) is 0 Å². The Morgan fingerprint density at radius 1 is 0.735 bits per heavy atom. The van der Waals surface area contributed by atoms with Crippen molar-refractivity contribution in [3.8, 4) is 0 Å². The maximum absolute atomic E-state index is 12.5. The lowest BCUT2D eigenvalue weighted by Crippen LogP contribution is -2.41. The molecule has 1 saturated carbocycles. The lowest BCUT2D eigenvalue weighted by Gasteiger charge is -2.33. The molecule has 4 nitrogen and oxygen atoms in total. The molecule has 0 heterocycles. The minimum atomic E-state index is -0.130. The summed E-state index contributed by atoms with van der Waals surface area (Å²) in [6.45, 7) is 4.51. The quantitative estimate of drug-likeness (QED) is 0.154. The van der Waals surface area contributed by atoms with Crippen molar-refractivity contribution in [2.45, 2.75) is 168 Å². The highest BCUT2D eigenvalue weighted by Crippen LogP contribution is 2.33. The lowest BCUT2D eigenvalue weighted by molar-refractivity contribution is -0.124. The van der Waals surface area contributed by atoms with Gasteiger partial charge >= 0.3 is 0 Å². The smallest absolute Gasteiger partial charge is 0.220 e. The van der Waals surface area contributed by atoms with E-state index in [1.165, 1.54) is 89.9 Å². The van der Waals surface area contributed by atoms with Crippen molar-refractivity contribution in [2.75, 3.05) is 0 Å². The summed E-state index contributed by atoms with van der Waals surface area (Å²) >= 11 is 0. The fourth-order valence-electron chi connectivity index (χ4n) is 5.73. The number of carbonyl (C=O) groups excluding carboxylic acids is 2. The molecule has 3 atom stereocenters. The minimum absolute atomic E-state index is 0.0166. The second-order valence-corrected chi connectivity index (χ2v) is 11.0. The second-order valence-electron chi connectivity index (χ2n) is 11.0. The van der Waals surface area contributed by atoms with Gasteiger partial charge in [0.05, 0.1) is 0 Å². The van der Waals surface area contributed by atoms with Crippen LogP contribution >= 0.6 is 0 Å². The second kappa shape index (κ2) is 21.2. The summed E-state index contributed by atoms with van der Waals surface area (Å²) in [6.07, 6.45) is 27.4. The monoisotopic (exact) mass is 478 g/mol. The van der Waals surface area contributed by atoms with Crippen LogP contribution in [0.3, 0.4) is 0 Å². The van der Waals surface area contributed by atoms with E-state index >= 15 is 0 Å². The summed E-state index contributed by atoms with van der Waals surface area (Å²) in [5, 5.41) is 3.28. The normalized spacial score (nSPS) is 19.1. The molecule has 3 unspecified atom stereocenters. The first-order valence-corrected chi connectivity index (χ1v) is 15.2. The van der Waals surface area contributed by atoms with E-state index in [9.17, 15) is 9.59 Å². The molecule has 0 aliphatic heterocycles. The van der Waals surface area contributed by atoms with Crippen LogP contribution in [0.5, 0.6) is 0 Å². The first kappa shape index (κ1) is 31.0. The average molecular weight is 479 g/mol. The van der Waals surface area contributed by atoms with Crippen LogP contribution in [-0.4, -0.2) is 17.9 Å². The Labute approximate surface area is 212 Å². The van der Waals surface area contributed by atoms with E-state index in [1.54, 1.807) is 0 Å². The van der Waals surface area contributed by atoms with E-state index in [4.69, 9.17) is 5.73 Å². The van der Waals surface area contributed by atoms with Crippen molar-refractivity contribution in [1.82, 2.24) is 5.32 Å². The molecule has 0 aromatic rings. The summed E-state index contributed by atoms with van der Waals surface area (Å²) in [7, 11) is 0. The number of nitrogens with one attached hydrogen (secondary N) is 1. The van der Waals surface area contributed by atoms with E-state index in [0.29, 0.717) is 12.3 Å². The highest BCUT2D eigenvalue weighted by molar-refractivity contribution is 5.77. The topological polar surface area (TPSA) is 72.2 Å². The first-order valence-electron chi connectivity index (χ1n) is 15.2. The number of amides is 2. The Balaban J connectivity index is 2.19. The van der Waals surface area contributed by atoms with Gasteiger partial charge in [0.1, 0.15) is 0 Å². The Morgan fingerprint density at radius 2 is 1.24 bits per heavy atom. The number of carbonyl (C=O) groups is 2. The van der Waals surface area contributed by atoms with Crippen LogP contribution in [0, 0.1) is 11.8 Å². The molecule has 1 rings (SSSR count). The fourth-order valence-corrected chi connectivity index (χ4v) is 5.73. The SMILES string of the molecule is CCCCCCCCCCCC(=O)NC1CCCC(C(CCCCCCCCCC)C(N)=O)C1. The number of hydrogen-bond donors (Lipinski definition) is 2. The predicted molar refractivity (Wildman–Crippen MR) is 146 cm³/mol. The molecular weight excluding hydrogens is 420 g/mol. The molecule has 0 aromatic heterocycles. The average Bonchev–Trinajstić information content (AvgIpc) is 2.82. The van der Waals surface area contributed by atoms with Gasteiger partial charge in [0, 0.05) is 18.4 Å². The summed E-state index contributed by atoms with van der Waals surface area (Å²) in [4.78, 5) is 24.7. The Hall–Kier alpha value is -1.06. The number of unbranched alkanes of at least 4 members (excludes halogenated alkanes) is 15. The zero-order chi connectivity index (χ0) is 24.9. The molecule has 1 aliphatic rings. The predicted octanol–water partition coefficient (Wildman–Crippen LogP) is 8.21. The first-order chi connectivity index (χ1) is 16.6. The van der Waals surface area contributed by atoms with Gasteiger partial charge in [-0.25, -0.2) is 0 Å². The molecule has 2 amide bonds. The number of primary amides is 1. The third kappa shape index (κ3) is 15.8. The van der Waals surface area contributed by atoms with E-state index in [1.807, 2.05) is 0 Å². The van der Waals surface area contributed by atoms with Gasteiger partial charge in [-0.15, -0.1) is 0 Å². The van der Waals surface area contributed by atoms with Crippen LogP contribution in [0.25, 0.3) is 0 Å². The zero-order valence-corrected chi connectivity index (χ0v) is 22.9. The fraction of sp³-hybridized carbons (Fsp3) is 0.933. The molecule has 200 valence electrons. The van der Waals surface area contributed by atoms with Crippen LogP contribution in [-0.2, 0) is 9.59 Å². The van der Waals surface area contributed by atoms with Gasteiger partial charge in [0.2, 0.25) is 11.8 Å². The number of rotatable bonds is 22.